The number of hydrogen-bond acceptors (Lipinski definition) is 4. The molecule has 0 heterocycles. The second kappa shape index (κ2) is 20.3. The second-order valence-electron chi connectivity index (χ2n) is 7.95. The van der Waals surface area contributed by atoms with Gasteiger partial charge < -0.3 is 4.89 Å². The fourth-order valence-corrected chi connectivity index (χ4v) is 4.14. The molecule has 0 aromatic carbocycles. The summed E-state index contributed by atoms with van der Waals surface area (Å²) in [5, 5.41) is 3.15. The predicted octanol–water partition coefficient (Wildman–Crippen LogP) is 7.34. The molecule has 5 nitrogen and oxygen atoms in total. The fourth-order valence-electron chi connectivity index (χ4n) is 3.25. The molecule has 0 saturated heterocycles. The molecule has 0 aliphatic rings. The van der Waals surface area contributed by atoms with E-state index in [1.165, 1.54) is 77.0 Å². The van der Waals surface area contributed by atoms with Gasteiger partial charge in [-0.3, -0.25) is 14.4 Å². The van der Waals surface area contributed by atoms with Crippen molar-refractivity contribution >= 4 is 7.82 Å². The van der Waals surface area contributed by atoms with E-state index in [1.807, 2.05) is 0 Å². The molecule has 0 radical (unpaired) electrons. The first-order valence-electron chi connectivity index (χ1n) is 11.9. The molecule has 0 spiro atoms. The third-order valence-electron chi connectivity index (χ3n) is 5.01. The van der Waals surface area contributed by atoms with Crippen LogP contribution in [0.4, 0.5) is 0 Å². The van der Waals surface area contributed by atoms with Gasteiger partial charge in [-0.05, 0) is 26.3 Å². The molecule has 0 saturated carbocycles. The summed E-state index contributed by atoms with van der Waals surface area (Å²) in [5.74, 6) is 0. The van der Waals surface area contributed by atoms with Gasteiger partial charge in [0.25, 0.3) is 0 Å². The van der Waals surface area contributed by atoms with Gasteiger partial charge in [-0.25, -0.2) is 4.57 Å². The Balaban J connectivity index is 3.48. The lowest BCUT2D eigenvalue weighted by molar-refractivity contribution is 0.0941. The van der Waals surface area contributed by atoms with E-state index in [1.54, 1.807) is 6.92 Å². The number of nitrogens with one attached hydrogen (secondary N) is 1. The minimum Gasteiger partial charge on any atom is -0.302 e. The van der Waals surface area contributed by atoms with Crippen molar-refractivity contribution in [2.75, 3.05) is 13.2 Å². The summed E-state index contributed by atoms with van der Waals surface area (Å²) in [7, 11) is -3.95. The van der Waals surface area contributed by atoms with Crippen molar-refractivity contribution in [3.8, 4) is 0 Å². The largest absolute Gasteiger partial charge is 0.473 e. The van der Waals surface area contributed by atoms with E-state index in [-0.39, 0.29) is 6.61 Å². The topological polar surface area (TPSA) is 67.8 Å². The van der Waals surface area contributed by atoms with Gasteiger partial charge in [0.2, 0.25) is 0 Å². The SMILES string of the molecule is CCCCCCCCCCCCNC(C)OP(=O)(O)OCCCCCCCC. The second-order valence-corrected chi connectivity index (χ2v) is 9.36. The summed E-state index contributed by atoms with van der Waals surface area (Å²) in [6.45, 7) is 7.28. The molecule has 0 aliphatic heterocycles. The van der Waals surface area contributed by atoms with Crippen molar-refractivity contribution < 1.29 is 18.5 Å². The van der Waals surface area contributed by atoms with Crippen LogP contribution in [0.15, 0.2) is 0 Å². The van der Waals surface area contributed by atoms with E-state index >= 15 is 0 Å². The number of phosphoric ester groups is 1. The van der Waals surface area contributed by atoms with Crippen LogP contribution in [0.25, 0.3) is 0 Å². The molecule has 6 heteroatoms. The van der Waals surface area contributed by atoms with Gasteiger partial charge in [-0.1, -0.05) is 104 Å². The summed E-state index contributed by atoms with van der Waals surface area (Å²) in [5.41, 5.74) is 0. The zero-order valence-electron chi connectivity index (χ0n) is 18.9. The van der Waals surface area contributed by atoms with Crippen LogP contribution in [0, 0.1) is 0 Å². The van der Waals surface area contributed by atoms with Gasteiger partial charge in [0.15, 0.2) is 0 Å². The molecule has 2 atom stereocenters. The summed E-state index contributed by atoms with van der Waals surface area (Å²) in [6, 6.07) is 0. The molecule has 2 N–H and O–H groups in total. The van der Waals surface area contributed by atoms with Gasteiger partial charge in [0.1, 0.15) is 6.23 Å². The van der Waals surface area contributed by atoms with Crippen LogP contribution in [-0.2, 0) is 13.6 Å². The van der Waals surface area contributed by atoms with Crippen molar-refractivity contribution in [1.82, 2.24) is 5.32 Å². The Morgan fingerprint density at radius 1 is 0.750 bits per heavy atom. The maximum atomic E-state index is 11.9. The van der Waals surface area contributed by atoms with Crippen LogP contribution >= 0.6 is 7.82 Å². The van der Waals surface area contributed by atoms with Gasteiger partial charge in [0, 0.05) is 0 Å². The van der Waals surface area contributed by atoms with Crippen molar-refractivity contribution in [2.45, 2.75) is 130 Å². The molecule has 170 valence electrons. The third-order valence-corrected chi connectivity index (χ3v) is 6.10. The summed E-state index contributed by atoms with van der Waals surface area (Å²) >= 11 is 0. The van der Waals surface area contributed by atoms with E-state index in [4.69, 9.17) is 9.05 Å². The average Bonchev–Trinajstić information content (AvgIpc) is 2.65. The number of rotatable bonds is 22. The van der Waals surface area contributed by atoms with E-state index in [9.17, 15) is 9.46 Å². The van der Waals surface area contributed by atoms with Crippen LogP contribution in [0.1, 0.15) is 124 Å². The summed E-state index contributed by atoms with van der Waals surface area (Å²) in [4.78, 5) is 9.77. The van der Waals surface area contributed by atoms with Gasteiger partial charge in [-0.15, -0.1) is 0 Å². The lowest BCUT2D eigenvalue weighted by Gasteiger charge is -2.18. The molecule has 0 bridgehead atoms. The Kier molecular flexibility index (Phi) is 20.4. The Labute approximate surface area is 175 Å². The van der Waals surface area contributed by atoms with E-state index < -0.39 is 14.1 Å². The van der Waals surface area contributed by atoms with E-state index in [0.717, 1.165) is 32.2 Å². The molecule has 0 aromatic heterocycles. The highest BCUT2D eigenvalue weighted by Crippen LogP contribution is 2.44. The Morgan fingerprint density at radius 3 is 1.68 bits per heavy atom. The first kappa shape index (κ1) is 28.1. The lowest BCUT2D eigenvalue weighted by atomic mass is 10.1. The quantitative estimate of drug-likeness (QED) is 0.109. The smallest absolute Gasteiger partial charge is 0.302 e. The van der Waals surface area contributed by atoms with Crippen LogP contribution in [-0.4, -0.2) is 24.3 Å². The zero-order chi connectivity index (χ0) is 20.9. The average molecular weight is 422 g/mol. The molecule has 0 rings (SSSR count). The summed E-state index contributed by atoms with van der Waals surface area (Å²) < 4.78 is 22.1. The minimum absolute atomic E-state index is 0.283. The zero-order valence-corrected chi connectivity index (χ0v) is 19.8. The number of phosphoric acid groups is 1. The molecule has 0 aliphatic carbocycles. The molecule has 28 heavy (non-hydrogen) atoms. The van der Waals surface area contributed by atoms with Crippen LogP contribution < -0.4 is 5.32 Å². The molecule has 2 unspecified atom stereocenters. The maximum absolute atomic E-state index is 11.9. The molecule has 0 amide bonds. The standard InChI is InChI=1S/C22H48NO4P/c1-4-6-8-10-12-13-14-15-16-18-20-23-22(3)27-28(24,25)26-21-19-17-11-9-7-5-2/h22-23H,4-21H2,1-3H3,(H,24,25). The van der Waals surface area contributed by atoms with Crippen molar-refractivity contribution in [2.24, 2.45) is 0 Å². The highest BCUT2D eigenvalue weighted by atomic mass is 31.2. The van der Waals surface area contributed by atoms with Crippen molar-refractivity contribution in [3.63, 3.8) is 0 Å². The van der Waals surface area contributed by atoms with Gasteiger partial charge in [-0.2, -0.15) is 0 Å². The first-order chi connectivity index (χ1) is 13.5. The number of unbranched alkanes of at least 4 members (excludes halogenated alkanes) is 14. The Morgan fingerprint density at radius 2 is 1.18 bits per heavy atom. The monoisotopic (exact) mass is 421 g/mol. The first-order valence-corrected chi connectivity index (χ1v) is 13.4. The predicted molar refractivity (Wildman–Crippen MR) is 120 cm³/mol. The molecular formula is C22H48NO4P. The van der Waals surface area contributed by atoms with Crippen molar-refractivity contribution in [3.05, 3.63) is 0 Å². The Bertz CT molecular complexity index is 368. The Hall–Kier alpha value is 0.0700. The molecule has 0 aromatic rings. The normalized spacial score (nSPS) is 14.9. The van der Waals surface area contributed by atoms with Crippen LogP contribution in [0.3, 0.4) is 0 Å². The van der Waals surface area contributed by atoms with E-state index in [0.29, 0.717) is 0 Å². The lowest BCUT2D eigenvalue weighted by Crippen LogP contribution is -2.29. The molecule has 0 fully saturated rings. The van der Waals surface area contributed by atoms with Crippen molar-refractivity contribution in [1.29, 1.82) is 0 Å². The third kappa shape index (κ3) is 20.8. The minimum atomic E-state index is -3.95. The van der Waals surface area contributed by atoms with Crippen LogP contribution in [0.2, 0.25) is 0 Å². The summed E-state index contributed by atoms with van der Waals surface area (Å²) in [6.07, 6.45) is 19.2. The highest BCUT2D eigenvalue weighted by Gasteiger charge is 2.23. The fraction of sp³-hybridized carbons (Fsp3) is 1.00. The highest BCUT2D eigenvalue weighted by molar-refractivity contribution is 7.47. The van der Waals surface area contributed by atoms with Gasteiger partial charge in [0.05, 0.1) is 6.61 Å². The van der Waals surface area contributed by atoms with Gasteiger partial charge >= 0.3 is 7.82 Å². The van der Waals surface area contributed by atoms with E-state index in [2.05, 4.69) is 19.2 Å². The number of hydrogen-bond donors (Lipinski definition) is 2. The molecular weight excluding hydrogens is 373 g/mol. The van der Waals surface area contributed by atoms with Crippen LogP contribution in [0.5, 0.6) is 0 Å². The maximum Gasteiger partial charge on any atom is 0.473 e.